The van der Waals surface area contributed by atoms with Gasteiger partial charge in [-0.2, -0.15) is 0 Å². The molecule has 1 aliphatic heterocycles. The number of hydrogen-bond donors (Lipinski definition) is 0. The third-order valence-corrected chi connectivity index (χ3v) is 3.82. The first-order valence-electron chi connectivity index (χ1n) is 3.73. The number of nitrogens with zero attached hydrogens (tertiary/aromatic N) is 1. The van der Waals surface area contributed by atoms with E-state index in [4.69, 9.17) is 0 Å². The summed E-state index contributed by atoms with van der Waals surface area (Å²) in [6.45, 7) is 3.24. The summed E-state index contributed by atoms with van der Waals surface area (Å²) in [5, 5.41) is 0. The highest BCUT2D eigenvalue weighted by Gasteiger charge is 2.07. The summed E-state index contributed by atoms with van der Waals surface area (Å²) >= 11 is 3.81. The molecule has 1 saturated heterocycles. The summed E-state index contributed by atoms with van der Waals surface area (Å²) in [5.74, 6) is 2.52. The topological polar surface area (TPSA) is 12.4 Å². The van der Waals surface area contributed by atoms with E-state index in [1.807, 2.05) is 23.5 Å². The second kappa shape index (κ2) is 5.08. The SMILES string of the molecule is CCCCN=C1SCCS1. The number of hydrogen-bond acceptors (Lipinski definition) is 3. The smallest absolute Gasteiger partial charge is 0.124 e. The maximum atomic E-state index is 4.46. The van der Waals surface area contributed by atoms with E-state index < -0.39 is 0 Å². The van der Waals surface area contributed by atoms with Gasteiger partial charge in [0.2, 0.25) is 0 Å². The molecule has 0 N–H and O–H groups in total. The van der Waals surface area contributed by atoms with Crippen molar-refractivity contribution in [1.82, 2.24) is 0 Å². The van der Waals surface area contributed by atoms with E-state index in [0.717, 1.165) is 6.54 Å². The fraction of sp³-hybridized carbons (Fsp3) is 0.857. The van der Waals surface area contributed by atoms with E-state index in [1.54, 1.807) is 0 Å². The molecule has 0 atom stereocenters. The Labute approximate surface area is 71.1 Å². The van der Waals surface area contributed by atoms with Crippen LogP contribution in [0, 0.1) is 0 Å². The van der Waals surface area contributed by atoms with Gasteiger partial charge in [0.05, 0.1) is 0 Å². The second-order valence-electron chi connectivity index (χ2n) is 2.20. The van der Waals surface area contributed by atoms with Crippen LogP contribution in [0.3, 0.4) is 0 Å². The molecule has 10 heavy (non-hydrogen) atoms. The fourth-order valence-corrected chi connectivity index (χ4v) is 2.93. The van der Waals surface area contributed by atoms with Crippen LogP contribution in [-0.2, 0) is 0 Å². The molecule has 0 saturated carbocycles. The Morgan fingerprint density at radius 1 is 1.40 bits per heavy atom. The van der Waals surface area contributed by atoms with Gasteiger partial charge in [0, 0.05) is 18.1 Å². The minimum Gasteiger partial charge on any atom is -0.272 e. The van der Waals surface area contributed by atoms with E-state index in [-0.39, 0.29) is 0 Å². The van der Waals surface area contributed by atoms with Gasteiger partial charge >= 0.3 is 0 Å². The average molecular weight is 175 g/mol. The number of aliphatic imine (C=N–C) groups is 1. The van der Waals surface area contributed by atoms with E-state index in [9.17, 15) is 0 Å². The van der Waals surface area contributed by atoms with Gasteiger partial charge in [-0.25, -0.2) is 0 Å². The molecule has 1 nitrogen and oxygen atoms in total. The quantitative estimate of drug-likeness (QED) is 0.611. The van der Waals surface area contributed by atoms with Crippen LogP contribution in [0.5, 0.6) is 0 Å². The van der Waals surface area contributed by atoms with Crippen molar-refractivity contribution in [1.29, 1.82) is 0 Å². The number of rotatable bonds is 3. The second-order valence-corrected chi connectivity index (χ2v) is 4.62. The molecule has 0 aromatic carbocycles. The number of thioether (sulfide) groups is 2. The molecular weight excluding hydrogens is 162 g/mol. The predicted molar refractivity (Wildman–Crippen MR) is 52.1 cm³/mol. The van der Waals surface area contributed by atoms with E-state index in [1.165, 1.54) is 28.7 Å². The van der Waals surface area contributed by atoms with Crippen LogP contribution in [0.25, 0.3) is 0 Å². The third-order valence-electron chi connectivity index (χ3n) is 1.29. The third kappa shape index (κ3) is 2.97. The summed E-state index contributed by atoms with van der Waals surface area (Å²) in [7, 11) is 0. The summed E-state index contributed by atoms with van der Waals surface area (Å²) in [6.07, 6.45) is 2.50. The Hall–Kier alpha value is 0.370. The van der Waals surface area contributed by atoms with Crippen molar-refractivity contribution < 1.29 is 0 Å². The lowest BCUT2D eigenvalue weighted by Gasteiger charge is -1.92. The van der Waals surface area contributed by atoms with Crippen molar-refractivity contribution in [2.45, 2.75) is 19.8 Å². The van der Waals surface area contributed by atoms with Crippen molar-refractivity contribution in [2.24, 2.45) is 4.99 Å². The summed E-state index contributed by atoms with van der Waals surface area (Å²) < 4.78 is 1.31. The fourth-order valence-electron chi connectivity index (χ4n) is 0.719. The van der Waals surface area contributed by atoms with Crippen LogP contribution >= 0.6 is 23.5 Å². The summed E-state index contributed by atoms with van der Waals surface area (Å²) in [4.78, 5) is 4.46. The molecule has 3 heteroatoms. The van der Waals surface area contributed by atoms with Crippen molar-refractivity contribution in [3.05, 3.63) is 0 Å². The molecule has 0 aromatic heterocycles. The minimum atomic E-state index is 1.03. The lowest BCUT2D eigenvalue weighted by atomic mass is 10.3. The first kappa shape index (κ1) is 8.47. The van der Waals surface area contributed by atoms with Gasteiger partial charge in [0.25, 0.3) is 0 Å². The Balaban J connectivity index is 2.12. The molecule has 0 unspecified atom stereocenters. The van der Waals surface area contributed by atoms with Crippen molar-refractivity contribution in [3.63, 3.8) is 0 Å². The first-order valence-corrected chi connectivity index (χ1v) is 5.70. The van der Waals surface area contributed by atoms with E-state index in [0.29, 0.717) is 0 Å². The van der Waals surface area contributed by atoms with Crippen LogP contribution < -0.4 is 0 Å². The number of unbranched alkanes of at least 4 members (excludes halogenated alkanes) is 1. The molecular formula is C7H13NS2. The van der Waals surface area contributed by atoms with E-state index >= 15 is 0 Å². The molecule has 0 spiro atoms. The molecule has 1 rings (SSSR count). The lowest BCUT2D eigenvalue weighted by Crippen LogP contribution is -1.83. The molecule has 0 amide bonds. The largest absolute Gasteiger partial charge is 0.272 e. The van der Waals surface area contributed by atoms with Crippen LogP contribution in [0.4, 0.5) is 0 Å². The Morgan fingerprint density at radius 2 is 2.10 bits per heavy atom. The van der Waals surface area contributed by atoms with E-state index in [2.05, 4.69) is 11.9 Å². The van der Waals surface area contributed by atoms with Crippen molar-refractivity contribution in [2.75, 3.05) is 18.1 Å². The maximum Gasteiger partial charge on any atom is 0.124 e. The Bertz CT molecular complexity index is 115. The maximum absolute atomic E-state index is 4.46. The van der Waals surface area contributed by atoms with Crippen LogP contribution in [0.2, 0.25) is 0 Å². The van der Waals surface area contributed by atoms with Crippen LogP contribution in [-0.4, -0.2) is 22.4 Å². The molecule has 58 valence electrons. The van der Waals surface area contributed by atoms with Gasteiger partial charge < -0.3 is 0 Å². The predicted octanol–water partition coefficient (Wildman–Crippen LogP) is 2.62. The highest BCUT2D eigenvalue weighted by molar-refractivity contribution is 8.41. The highest BCUT2D eigenvalue weighted by atomic mass is 32.2. The van der Waals surface area contributed by atoms with Gasteiger partial charge in [0.15, 0.2) is 0 Å². The molecule has 0 aromatic rings. The minimum absolute atomic E-state index is 1.03. The van der Waals surface area contributed by atoms with Crippen LogP contribution in [0.15, 0.2) is 4.99 Å². The zero-order chi connectivity index (χ0) is 7.23. The van der Waals surface area contributed by atoms with Crippen molar-refractivity contribution in [3.8, 4) is 0 Å². The Morgan fingerprint density at radius 3 is 2.70 bits per heavy atom. The van der Waals surface area contributed by atoms with Gasteiger partial charge in [-0.3, -0.25) is 4.99 Å². The molecule has 0 radical (unpaired) electrons. The normalized spacial score (nSPS) is 17.9. The van der Waals surface area contributed by atoms with Gasteiger partial charge in [0.1, 0.15) is 4.38 Å². The molecule has 1 aliphatic rings. The van der Waals surface area contributed by atoms with Gasteiger partial charge in [-0.1, -0.05) is 36.9 Å². The highest BCUT2D eigenvalue weighted by Crippen LogP contribution is 2.25. The summed E-state index contributed by atoms with van der Waals surface area (Å²) in [5.41, 5.74) is 0. The molecule has 1 heterocycles. The monoisotopic (exact) mass is 175 g/mol. The van der Waals surface area contributed by atoms with Crippen molar-refractivity contribution >= 4 is 27.9 Å². The summed E-state index contributed by atoms with van der Waals surface area (Å²) in [6, 6.07) is 0. The molecule has 0 bridgehead atoms. The first-order chi connectivity index (χ1) is 4.93. The lowest BCUT2D eigenvalue weighted by molar-refractivity contribution is 0.811. The Kier molecular flexibility index (Phi) is 4.30. The molecule has 0 aliphatic carbocycles. The van der Waals surface area contributed by atoms with Gasteiger partial charge in [-0.05, 0) is 6.42 Å². The zero-order valence-electron chi connectivity index (χ0n) is 6.30. The standard InChI is InChI=1S/C7H13NS2/c1-2-3-4-8-7-9-5-6-10-7/h2-6H2,1H3. The van der Waals surface area contributed by atoms with Gasteiger partial charge in [-0.15, -0.1) is 0 Å². The average Bonchev–Trinajstić information content (AvgIpc) is 2.41. The van der Waals surface area contributed by atoms with Crippen LogP contribution in [0.1, 0.15) is 19.8 Å². The molecule has 1 fully saturated rings. The zero-order valence-corrected chi connectivity index (χ0v) is 7.93.